The van der Waals surface area contributed by atoms with Crippen LogP contribution in [0.15, 0.2) is 24.3 Å². The summed E-state index contributed by atoms with van der Waals surface area (Å²) in [5.41, 5.74) is 2.82. The zero-order valence-corrected chi connectivity index (χ0v) is 12.7. The number of nitrogens with zero attached hydrogens (tertiary/aromatic N) is 1. The maximum absolute atomic E-state index is 3.56. The van der Waals surface area contributed by atoms with Crippen LogP contribution in [0.4, 0.5) is 0 Å². The van der Waals surface area contributed by atoms with Crippen LogP contribution in [-0.2, 0) is 13.1 Å². The summed E-state index contributed by atoms with van der Waals surface area (Å²) in [6, 6.07) is 10.6. The molecule has 0 bridgehead atoms. The van der Waals surface area contributed by atoms with Crippen molar-refractivity contribution in [3.8, 4) is 0 Å². The lowest BCUT2D eigenvalue weighted by atomic mass is 10.1. The number of benzene rings is 1. The molecule has 0 radical (unpaired) electrons. The first-order valence-corrected chi connectivity index (χ1v) is 7.74. The van der Waals surface area contributed by atoms with Crippen molar-refractivity contribution in [2.75, 3.05) is 7.05 Å². The monoisotopic (exact) mass is 260 g/mol. The van der Waals surface area contributed by atoms with Crippen molar-refractivity contribution in [3.05, 3.63) is 35.4 Å². The van der Waals surface area contributed by atoms with Crippen molar-refractivity contribution < 1.29 is 0 Å². The number of nitrogens with one attached hydrogen (secondary N) is 1. The fourth-order valence-electron chi connectivity index (χ4n) is 2.64. The summed E-state index contributed by atoms with van der Waals surface area (Å²) in [6.07, 6.45) is 5.18. The summed E-state index contributed by atoms with van der Waals surface area (Å²) in [7, 11) is 2.24. The Kier molecular flexibility index (Phi) is 5.41. The average molecular weight is 260 g/mol. The van der Waals surface area contributed by atoms with Gasteiger partial charge < -0.3 is 5.32 Å². The lowest BCUT2D eigenvalue weighted by molar-refractivity contribution is 0.222. The molecule has 0 spiro atoms. The fourth-order valence-corrected chi connectivity index (χ4v) is 2.64. The van der Waals surface area contributed by atoms with Crippen LogP contribution in [0.5, 0.6) is 0 Å². The lowest BCUT2D eigenvalue weighted by Crippen LogP contribution is -2.29. The van der Waals surface area contributed by atoms with Crippen molar-refractivity contribution in [1.82, 2.24) is 10.2 Å². The molecular formula is C17H28N2. The predicted octanol–water partition coefficient (Wildman–Crippen LogP) is 3.56. The van der Waals surface area contributed by atoms with Crippen LogP contribution >= 0.6 is 0 Å². The van der Waals surface area contributed by atoms with Gasteiger partial charge in [-0.1, -0.05) is 38.1 Å². The summed E-state index contributed by atoms with van der Waals surface area (Å²) in [6.45, 7) is 6.63. The molecule has 2 rings (SSSR count). The molecule has 19 heavy (non-hydrogen) atoms. The van der Waals surface area contributed by atoms with Crippen LogP contribution in [-0.4, -0.2) is 24.0 Å². The maximum Gasteiger partial charge on any atom is 0.0233 e. The van der Waals surface area contributed by atoms with Gasteiger partial charge in [0.05, 0.1) is 0 Å². The normalized spacial score (nSPS) is 15.4. The molecule has 0 heterocycles. The van der Waals surface area contributed by atoms with Gasteiger partial charge in [0.1, 0.15) is 0 Å². The maximum atomic E-state index is 3.56. The van der Waals surface area contributed by atoms with Gasteiger partial charge in [0.2, 0.25) is 0 Å². The van der Waals surface area contributed by atoms with E-state index in [-0.39, 0.29) is 0 Å². The Balaban J connectivity index is 1.83. The minimum atomic E-state index is 0.705. The molecule has 2 heteroatoms. The third kappa shape index (κ3) is 4.63. The predicted molar refractivity (Wildman–Crippen MR) is 82.1 cm³/mol. The van der Waals surface area contributed by atoms with Crippen molar-refractivity contribution in [2.24, 2.45) is 0 Å². The molecular weight excluding hydrogens is 232 g/mol. The quantitative estimate of drug-likeness (QED) is 0.769. The molecule has 1 N–H and O–H groups in total. The van der Waals surface area contributed by atoms with Gasteiger partial charge in [-0.25, -0.2) is 0 Å². The van der Waals surface area contributed by atoms with Crippen LogP contribution in [0.1, 0.15) is 50.7 Å². The molecule has 0 saturated heterocycles. The molecule has 1 aliphatic carbocycles. The van der Waals surface area contributed by atoms with Crippen molar-refractivity contribution >= 4 is 0 Å². The zero-order chi connectivity index (χ0) is 13.7. The van der Waals surface area contributed by atoms with Crippen molar-refractivity contribution in [2.45, 2.75) is 64.7 Å². The second-order valence-corrected chi connectivity index (χ2v) is 5.86. The smallest absolute Gasteiger partial charge is 0.0233 e. The fraction of sp³-hybridized carbons (Fsp3) is 0.647. The Labute approximate surface area is 118 Å². The lowest BCUT2D eigenvalue weighted by Gasteiger charge is -2.26. The number of rotatable bonds is 8. The third-order valence-electron chi connectivity index (χ3n) is 4.19. The molecule has 1 saturated carbocycles. The Morgan fingerprint density at radius 1 is 1.11 bits per heavy atom. The van der Waals surface area contributed by atoms with Crippen LogP contribution in [0.25, 0.3) is 0 Å². The van der Waals surface area contributed by atoms with Gasteiger partial charge in [0, 0.05) is 25.2 Å². The first-order valence-electron chi connectivity index (χ1n) is 7.74. The van der Waals surface area contributed by atoms with Gasteiger partial charge in [-0.05, 0) is 43.9 Å². The zero-order valence-electron chi connectivity index (χ0n) is 12.7. The Morgan fingerprint density at radius 2 is 1.68 bits per heavy atom. The Bertz CT molecular complexity index is 363. The van der Waals surface area contributed by atoms with Gasteiger partial charge in [0.15, 0.2) is 0 Å². The molecule has 1 aromatic rings. The summed E-state index contributed by atoms with van der Waals surface area (Å²) in [4.78, 5) is 2.47. The van der Waals surface area contributed by atoms with E-state index in [0.29, 0.717) is 6.04 Å². The second-order valence-electron chi connectivity index (χ2n) is 5.86. The Morgan fingerprint density at radius 3 is 2.21 bits per heavy atom. The average Bonchev–Trinajstić information content (AvgIpc) is 3.23. The third-order valence-corrected chi connectivity index (χ3v) is 4.19. The molecule has 0 aliphatic heterocycles. The van der Waals surface area contributed by atoms with Crippen LogP contribution in [0.2, 0.25) is 0 Å². The van der Waals surface area contributed by atoms with E-state index < -0.39 is 0 Å². The highest BCUT2D eigenvalue weighted by Crippen LogP contribution is 2.19. The molecule has 1 fully saturated rings. The standard InChI is InChI=1S/C17H28N2/c1-4-17(5-2)19(3)13-15-8-6-14(7-9-15)12-18-16-10-11-16/h6-9,16-18H,4-5,10-13H2,1-3H3. The van der Waals surface area contributed by atoms with Crippen LogP contribution in [0.3, 0.4) is 0 Å². The summed E-state index contributed by atoms with van der Waals surface area (Å²) < 4.78 is 0. The minimum absolute atomic E-state index is 0.705. The van der Waals surface area contributed by atoms with Gasteiger partial charge in [0.25, 0.3) is 0 Å². The van der Waals surface area contributed by atoms with E-state index in [1.54, 1.807) is 0 Å². The topological polar surface area (TPSA) is 15.3 Å². The molecule has 0 aromatic heterocycles. The number of hydrogen-bond donors (Lipinski definition) is 1. The van der Waals surface area contributed by atoms with E-state index in [4.69, 9.17) is 0 Å². The summed E-state index contributed by atoms with van der Waals surface area (Å²) in [5, 5.41) is 3.56. The molecule has 1 aromatic carbocycles. The first-order chi connectivity index (χ1) is 9.22. The van der Waals surface area contributed by atoms with E-state index >= 15 is 0 Å². The van der Waals surface area contributed by atoms with Gasteiger partial charge in [-0.15, -0.1) is 0 Å². The van der Waals surface area contributed by atoms with Crippen LogP contribution < -0.4 is 5.32 Å². The minimum Gasteiger partial charge on any atom is -0.310 e. The first kappa shape index (κ1) is 14.5. The van der Waals surface area contributed by atoms with E-state index in [1.807, 2.05) is 0 Å². The van der Waals surface area contributed by atoms with Crippen molar-refractivity contribution in [3.63, 3.8) is 0 Å². The Hall–Kier alpha value is -0.860. The van der Waals surface area contributed by atoms with E-state index in [1.165, 1.54) is 36.8 Å². The van der Waals surface area contributed by atoms with Gasteiger partial charge in [-0.3, -0.25) is 4.90 Å². The molecule has 0 amide bonds. The highest BCUT2D eigenvalue weighted by Gasteiger charge is 2.19. The van der Waals surface area contributed by atoms with E-state index in [9.17, 15) is 0 Å². The molecule has 1 aliphatic rings. The molecule has 2 nitrogen and oxygen atoms in total. The molecule has 0 unspecified atom stereocenters. The van der Waals surface area contributed by atoms with Crippen molar-refractivity contribution in [1.29, 1.82) is 0 Å². The van der Waals surface area contributed by atoms with Gasteiger partial charge >= 0.3 is 0 Å². The SMILES string of the molecule is CCC(CC)N(C)Cc1ccc(CNC2CC2)cc1. The second kappa shape index (κ2) is 7.06. The van der Waals surface area contributed by atoms with E-state index in [0.717, 1.165) is 19.1 Å². The largest absolute Gasteiger partial charge is 0.310 e. The highest BCUT2D eigenvalue weighted by molar-refractivity contribution is 5.22. The molecule has 0 atom stereocenters. The van der Waals surface area contributed by atoms with Gasteiger partial charge in [-0.2, -0.15) is 0 Å². The van der Waals surface area contributed by atoms with Crippen LogP contribution in [0, 0.1) is 0 Å². The summed E-state index contributed by atoms with van der Waals surface area (Å²) in [5.74, 6) is 0. The highest BCUT2D eigenvalue weighted by atomic mass is 15.1. The number of hydrogen-bond acceptors (Lipinski definition) is 2. The van der Waals surface area contributed by atoms with E-state index in [2.05, 4.69) is 55.4 Å². The molecule has 106 valence electrons. The summed E-state index contributed by atoms with van der Waals surface area (Å²) >= 11 is 0.